The molecule has 0 radical (unpaired) electrons. The molecule has 4 nitrogen and oxygen atoms in total. The summed E-state index contributed by atoms with van der Waals surface area (Å²) >= 11 is 1.67. The summed E-state index contributed by atoms with van der Waals surface area (Å²) in [4.78, 5) is 15.6. The Hall–Kier alpha value is -0.730. The van der Waals surface area contributed by atoms with E-state index in [1.165, 1.54) is 0 Å². The third kappa shape index (κ3) is 8.06. The third-order valence-electron chi connectivity index (χ3n) is 2.66. The predicted octanol–water partition coefficient (Wildman–Crippen LogP) is 1.43. The van der Waals surface area contributed by atoms with E-state index in [0.717, 1.165) is 25.4 Å². The second kappa shape index (κ2) is 10.4. The molecule has 1 amide bonds. The number of carbonyl (C=O) groups excluding carboxylic acids is 1. The first kappa shape index (κ1) is 16.3. The van der Waals surface area contributed by atoms with E-state index in [-0.39, 0.29) is 5.91 Å². The first-order valence-corrected chi connectivity index (χ1v) is 7.22. The minimum atomic E-state index is 0.116. The van der Waals surface area contributed by atoms with Crippen molar-refractivity contribution in [3.05, 3.63) is 0 Å². The number of nitriles is 1. The molecule has 0 heterocycles. The average molecular weight is 257 g/mol. The lowest BCUT2D eigenvalue weighted by Gasteiger charge is -2.18. The number of amides is 1. The molecule has 0 aliphatic rings. The van der Waals surface area contributed by atoms with Gasteiger partial charge in [0.05, 0.1) is 18.2 Å². The van der Waals surface area contributed by atoms with E-state index in [1.807, 2.05) is 6.07 Å². The van der Waals surface area contributed by atoms with Gasteiger partial charge in [0, 0.05) is 25.9 Å². The molecule has 0 aromatic heterocycles. The zero-order valence-electron chi connectivity index (χ0n) is 11.1. The van der Waals surface area contributed by atoms with Gasteiger partial charge in [0.2, 0.25) is 5.91 Å². The fourth-order valence-electron chi connectivity index (χ4n) is 1.35. The molecular formula is C12H23N3OS. The van der Waals surface area contributed by atoms with Crippen LogP contribution >= 0.6 is 11.8 Å². The van der Waals surface area contributed by atoms with Crippen molar-refractivity contribution in [3.8, 4) is 6.07 Å². The molecule has 0 aromatic rings. The Morgan fingerprint density at radius 2 is 1.94 bits per heavy atom. The fourth-order valence-corrected chi connectivity index (χ4v) is 2.27. The lowest BCUT2D eigenvalue weighted by atomic mass is 10.4. The van der Waals surface area contributed by atoms with Crippen LogP contribution in [0.1, 0.15) is 20.3 Å². The second-order valence-corrected chi connectivity index (χ2v) is 4.91. The van der Waals surface area contributed by atoms with E-state index in [4.69, 9.17) is 5.26 Å². The standard InChI is InChI=1S/C12H23N3OS/c1-4-15(5-2)9-10-17-11-12(16)14(3)8-6-7-13/h4-6,8-11H2,1-3H3. The maximum atomic E-state index is 11.6. The van der Waals surface area contributed by atoms with Gasteiger partial charge in [0.1, 0.15) is 0 Å². The molecule has 0 aromatic carbocycles. The minimum absolute atomic E-state index is 0.116. The number of rotatable bonds is 9. The van der Waals surface area contributed by atoms with Crippen molar-refractivity contribution in [3.63, 3.8) is 0 Å². The summed E-state index contributed by atoms with van der Waals surface area (Å²) in [5.41, 5.74) is 0. The van der Waals surface area contributed by atoms with Gasteiger partial charge >= 0.3 is 0 Å². The van der Waals surface area contributed by atoms with E-state index < -0.39 is 0 Å². The van der Waals surface area contributed by atoms with Crippen molar-refractivity contribution in [2.75, 3.05) is 44.7 Å². The highest BCUT2D eigenvalue weighted by Crippen LogP contribution is 2.03. The zero-order chi connectivity index (χ0) is 13.1. The van der Waals surface area contributed by atoms with Gasteiger partial charge in [-0.2, -0.15) is 17.0 Å². The Balaban J connectivity index is 3.60. The first-order chi connectivity index (χ1) is 8.15. The van der Waals surface area contributed by atoms with Crippen LogP contribution in [0, 0.1) is 11.3 Å². The lowest BCUT2D eigenvalue weighted by Crippen LogP contribution is -2.30. The molecule has 0 saturated heterocycles. The van der Waals surface area contributed by atoms with Crippen molar-refractivity contribution in [2.24, 2.45) is 0 Å². The average Bonchev–Trinajstić information content (AvgIpc) is 2.35. The van der Waals surface area contributed by atoms with Gasteiger partial charge in [-0.05, 0) is 13.1 Å². The molecule has 5 heteroatoms. The number of nitrogens with zero attached hydrogens (tertiary/aromatic N) is 3. The summed E-state index contributed by atoms with van der Waals surface area (Å²) in [6.45, 7) is 7.99. The Morgan fingerprint density at radius 1 is 1.29 bits per heavy atom. The quantitative estimate of drug-likeness (QED) is 0.586. The van der Waals surface area contributed by atoms with Gasteiger partial charge in [-0.25, -0.2) is 0 Å². The van der Waals surface area contributed by atoms with Gasteiger partial charge < -0.3 is 9.80 Å². The summed E-state index contributed by atoms with van der Waals surface area (Å²) < 4.78 is 0. The highest BCUT2D eigenvalue weighted by Gasteiger charge is 2.08. The van der Waals surface area contributed by atoms with Gasteiger partial charge in [-0.1, -0.05) is 13.8 Å². The van der Waals surface area contributed by atoms with Crippen molar-refractivity contribution < 1.29 is 4.79 Å². The monoisotopic (exact) mass is 257 g/mol. The fraction of sp³-hybridized carbons (Fsp3) is 0.833. The first-order valence-electron chi connectivity index (χ1n) is 6.06. The maximum Gasteiger partial charge on any atom is 0.232 e. The summed E-state index contributed by atoms with van der Waals surface area (Å²) in [6.07, 6.45) is 0.409. The highest BCUT2D eigenvalue weighted by atomic mass is 32.2. The van der Waals surface area contributed by atoms with Crippen LogP contribution < -0.4 is 0 Å². The molecule has 98 valence electrons. The molecule has 0 unspecified atom stereocenters. The number of carbonyl (C=O) groups is 1. The zero-order valence-corrected chi connectivity index (χ0v) is 11.9. The normalized spacial score (nSPS) is 10.3. The minimum Gasteiger partial charge on any atom is -0.344 e. The van der Waals surface area contributed by atoms with E-state index in [1.54, 1.807) is 23.7 Å². The summed E-state index contributed by atoms with van der Waals surface area (Å²) in [6, 6.07) is 2.04. The topological polar surface area (TPSA) is 47.3 Å². The Kier molecular flexibility index (Phi) is 9.98. The van der Waals surface area contributed by atoms with Crippen LogP contribution in [-0.2, 0) is 4.79 Å². The summed E-state index contributed by atoms with van der Waals surface area (Å²) in [7, 11) is 1.75. The van der Waals surface area contributed by atoms with E-state index in [9.17, 15) is 4.79 Å². The van der Waals surface area contributed by atoms with Crippen molar-refractivity contribution >= 4 is 17.7 Å². The number of hydrogen-bond acceptors (Lipinski definition) is 4. The molecule has 0 bridgehead atoms. The molecule has 0 saturated carbocycles. The molecule has 0 aliphatic heterocycles. The Labute approximate surface area is 109 Å². The highest BCUT2D eigenvalue weighted by molar-refractivity contribution is 7.99. The molecule has 0 aliphatic carbocycles. The second-order valence-electron chi connectivity index (χ2n) is 3.80. The Morgan fingerprint density at radius 3 is 2.47 bits per heavy atom. The van der Waals surface area contributed by atoms with Crippen LogP contribution in [0.5, 0.6) is 0 Å². The van der Waals surface area contributed by atoms with Crippen LogP contribution in [0.3, 0.4) is 0 Å². The molecule has 17 heavy (non-hydrogen) atoms. The molecule has 0 rings (SSSR count). The molecule has 0 spiro atoms. The van der Waals surface area contributed by atoms with Gasteiger partial charge in [-0.15, -0.1) is 0 Å². The third-order valence-corrected chi connectivity index (χ3v) is 3.58. The predicted molar refractivity (Wildman–Crippen MR) is 73.0 cm³/mol. The summed E-state index contributed by atoms with van der Waals surface area (Å²) in [5, 5.41) is 8.43. The maximum absolute atomic E-state index is 11.6. The van der Waals surface area contributed by atoms with Gasteiger partial charge in [0.25, 0.3) is 0 Å². The van der Waals surface area contributed by atoms with Crippen LogP contribution in [0.2, 0.25) is 0 Å². The number of thioether (sulfide) groups is 1. The van der Waals surface area contributed by atoms with Crippen molar-refractivity contribution in [1.29, 1.82) is 5.26 Å². The van der Waals surface area contributed by atoms with Crippen LogP contribution in [-0.4, -0.2) is 60.4 Å². The van der Waals surface area contributed by atoms with Crippen LogP contribution in [0.15, 0.2) is 0 Å². The smallest absolute Gasteiger partial charge is 0.232 e. The van der Waals surface area contributed by atoms with Gasteiger partial charge in [0.15, 0.2) is 0 Å². The van der Waals surface area contributed by atoms with E-state index in [0.29, 0.717) is 18.7 Å². The van der Waals surface area contributed by atoms with Crippen molar-refractivity contribution in [2.45, 2.75) is 20.3 Å². The largest absolute Gasteiger partial charge is 0.344 e. The van der Waals surface area contributed by atoms with Crippen LogP contribution in [0.25, 0.3) is 0 Å². The van der Waals surface area contributed by atoms with E-state index in [2.05, 4.69) is 18.7 Å². The molecule has 0 N–H and O–H groups in total. The Bertz CT molecular complexity index is 249. The molecule has 0 atom stereocenters. The molecular weight excluding hydrogens is 234 g/mol. The van der Waals surface area contributed by atoms with E-state index >= 15 is 0 Å². The SMILES string of the molecule is CCN(CC)CCSCC(=O)N(C)CCC#N. The lowest BCUT2D eigenvalue weighted by molar-refractivity contribution is -0.127. The number of hydrogen-bond donors (Lipinski definition) is 0. The van der Waals surface area contributed by atoms with Gasteiger partial charge in [-0.3, -0.25) is 4.79 Å². The van der Waals surface area contributed by atoms with Crippen LogP contribution in [0.4, 0.5) is 0 Å². The van der Waals surface area contributed by atoms with Crippen molar-refractivity contribution in [1.82, 2.24) is 9.80 Å². The molecule has 0 fully saturated rings. The summed E-state index contributed by atoms with van der Waals surface area (Å²) in [5.74, 6) is 1.62.